The second-order valence-corrected chi connectivity index (χ2v) is 5.32. The molecule has 0 radical (unpaired) electrons. The molecule has 2 saturated carbocycles. The zero-order valence-electron chi connectivity index (χ0n) is 8.76. The van der Waals surface area contributed by atoms with Gasteiger partial charge in [0, 0.05) is 11.3 Å². The van der Waals surface area contributed by atoms with Crippen molar-refractivity contribution in [1.29, 1.82) is 0 Å². The second kappa shape index (κ2) is 2.26. The highest BCUT2D eigenvalue weighted by atomic mass is 16.1. The molecule has 0 aliphatic heterocycles. The number of fused-ring (bicyclic) bond motifs is 2. The molecule has 2 bridgehead atoms. The summed E-state index contributed by atoms with van der Waals surface area (Å²) in [5.41, 5.74) is 0.111. The van der Waals surface area contributed by atoms with Crippen molar-refractivity contribution in [1.82, 2.24) is 0 Å². The smallest absolute Gasteiger partial charge is 0.146 e. The lowest BCUT2D eigenvalue weighted by Crippen LogP contribution is -2.33. The highest BCUT2D eigenvalue weighted by molar-refractivity contribution is 5.92. The molecule has 1 heteroatoms. The van der Waals surface area contributed by atoms with Gasteiger partial charge in [0.15, 0.2) is 0 Å². The Morgan fingerprint density at radius 1 is 1.46 bits per heavy atom. The Hall–Kier alpha value is -0.590. The van der Waals surface area contributed by atoms with Crippen LogP contribution in [0.15, 0.2) is 12.7 Å². The van der Waals surface area contributed by atoms with Gasteiger partial charge >= 0.3 is 0 Å². The van der Waals surface area contributed by atoms with Crippen molar-refractivity contribution in [2.45, 2.75) is 33.6 Å². The summed E-state index contributed by atoms with van der Waals surface area (Å²) in [6, 6.07) is 0. The van der Waals surface area contributed by atoms with E-state index in [1.165, 1.54) is 6.42 Å². The standard InChI is InChI=1S/C12H18O/c1-5-8-9-6-7-12(4,10(8)13)11(9,2)3/h5,8-9H,1,6-7H2,2-4H3/t8-,9+,12-/m0/s1. The number of Topliss-reactive ketones (excluding diaryl/α,β-unsaturated/α-hetero) is 1. The molecule has 0 saturated heterocycles. The van der Waals surface area contributed by atoms with Crippen LogP contribution in [0.25, 0.3) is 0 Å². The van der Waals surface area contributed by atoms with Gasteiger partial charge in [-0.1, -0.05) is 26.8 Å². The van der Waals surface area contributed by atoms with Gasteiger partial charge in [-0.15, -0.1) is 6.58 Å². The Bertz CT molecular complexity index is 277. The molecular formula is C12H18O. The second-order valence-electron chi connectivity index (χ2n) is 5.32. The van der Waals surface area contributed by atoms with Gasteiger partial charge in [-0.2, -0.15) is 0 Å². The highest BCUT2D eigenvalue weighted by Crippen LogP contribution is 2.65. The molecule has 1 nitrogen and oxygen atoms in total. The van der Waals surface area contributed by atoms with E-state index in [0.717, 1.165) is 6.42 Å². The van der Waals surface area contributed by atoms with Gasteiger partial charge < -0.3 is 0 Å². The molecule has 0 aromatic heterocycles. The molecule has 2 aliphatic carbocycles. The zero-order valence-corrected chi connectivity index (χ0v) is 8.76. The molecule has 0 aromatic rings. The SMILES string of the molecule is C=C[C@@H]1C(=O)[C@]2(C)CC[C@H]1C2(C)C. The fraction of sp³-hybridized carbons (Fsp3) is 0.750. The quantitative estimate of drug-likeness (QED) is 0.564. The first-order chi connectivity index (χ1) is 5.95. The Kier molecular flexibility index (Phi) is 1.56. The third-order valence-electron chi connectivity index (χ3n) is 4.84. The Morgan fingerprint density at radius 3 is 2.38 bits per heavy atom. The van der Waals surface area contributed by atoms with Crippen molar-refractivity contribution < 1.29 is 4.79 Å². The predicted molar refractivity (Wildman–Crippen MR) is 53.3 cm³/mol. The number of hydrogen-bond donors (Lipinski definition) is 0. The van der Waals surface area contributed by atoms with Crippen molar-refractivity contribution in [2.75, 3.05) is 0 Å². The van der Waals surface area contributed by atoms with Gasteiger partial charge in [-0.05, 0) is 24.2 Å². The first-order valence-electron chi connectivity index (χ1n) is 5.12. The molecule has 0 heterocycles. The van der Waals surface area contributed by atoms with E-state index in [9.17, 15) is 4.79 Å². The summed E-state index contributed by atoms with van der Waals surface area (Å²) in [5.74, 6) is 1.11. The lowest BCUT2D eigenvalue weighted by molar-refractivity contribution is -0.130. The van der Waals surface area contributed by atoms with E-state index in [4.69, 9.17) is 0 Å². The topological polar surface area (TPSA) is 17.1 Å². The van der Waals surface area contributed by atoms with E-state index >= 15 is 0 Å². The molecular weight excluding hydrogens is 160 g/mol. The van der Waals surface area contributed by atoms with Crippen LogP contribution in [0.4, 0.5) is 0 Å². The van der Waals surface area contributed by atoms with Gasteiger partial charge in [0.25, 0.3) is 0 Å². The first-order valence-corrected chi connectivity index (χ1v) is 5.12. The van der Waals surface area contributed by atoms with Crippen molar-refractivity contribution in [3.8, 4) is 0 Å². The normalized spacial score (nSPS) is 46.8. The van der Waals surface area contributed by atoms with Crippen molar-refractivity contribution >= 4 is 5.78 Å². The summed E-state index contributed by atoms with van der Waals surface area (Å²) in [5, 5.41) is 0. The van der Waals surface area contributed by atoms with Crippen molar-refractivity contribution in [3.05, 3.63) is 12.7 Å². The first kappa shape index (κ1) is 8.98. The van der Waals surface area contributed by atoms with Crippen LogP contribution in [-0.2, 0) is 4.79 Å². The molecule has 2 fully saturated rings. The number of ketones is 1. The van der Waals surface area contributed by atoms with E-state index < -0.39 is 0 Å². The molecule has 0 N–H and O–H groups in total. The Balaban J connectivity index is 2.50. The van der Waals surface area contributed by atoms with Crippen LogP contribution in [-0.4, -0.2) is 5.78 Å². The fourth-order valence-electron chi connectivity index (χ4n) is 3.43. The fourth-order valence-corrected chi connectivity index (χ4v) is 3.43. The number of carbonyl (C=O) groups is 1. The average Bonchev–Trinajstić information content (AvgIpc) is 2.36. The maximum atomic E-state index is 12.1. The molecule has 3 atom stereocenters. The van der Waals surface area contributed by atoms with Gasteiger partial charge in [0.05, 0.1) is 0 Å². The van der Waals surface area contributed by atoms with Gasteiger partial charge in [0.2, 0.25) is 0 Å². The number of rotatable bonds is 1. The van der Waals surface area contributed by atoms with Crippen LogP contribution in [0, 0.1) is 22.7 Å². The molecule has 0 spiro atoms. The maximum Gasteiger partial charge on any atom is 0.146 e. The number of carbonyl (C=O) groups excluding carboxylic acids is 1. The van der Waals surface area contributed by atoms with Crippen LogP contribution in [0.2, 0.25) is 0 Å². The van der Waals surface area contributed by atoms with Gasteiger partial charge in [-0.25, -0.2) is 0 Å². The molecule has 72 valence electrons. The average molecular weight is 178 g/mol. The monoisotopic (exact) mass is 178 g/mol. The summed E-state index contributed by atoms with van der Waals surface area (Å²) < 4.78 is 0. The third-order valence-corrected chi connectivity index (χ3v) is 4.84. The summed E-state index contributed by atoms with van der Waals surface area (Å²) >= 11 is 0. The summed E-state index contributed by atoms with van der Waals surface area (Å²) in [4.78, 5) is 12.1. The predicted octanol–water partition coefficient (Wildman–Crippen LogP) is 2.81. The van der Waals surface area contributed by atoms with Crippen LogP contribution < -0.4 is 0 Å². The zero-order chi connectivity index (χ0) is 9.85. The number of hydrogen-bond acceptors (Lipinski definition) is 1. The molecule has 0 amide bonds. The van der Waals surface area contributed by atoms with Crippen LogP contribution >= 0.6 is 0 Å². The van der Waals surface area contributed by atoms with Gasteiger partial charge in [-0.3, -0.25) is 4.79 Å². The summed E-state index contributed by atoms with van der Waals surface area (Å²) in [6.45, 7) is 10.4. The van der Waals surface area contributed by atoms with E-state index in [1.807, 2.05) is 6.08 Å². The van der Waals surface area contributed by atoms with Crippen LogP contribution in [0.1, 0.15) is 33.6 Å². The molecule has 2 aliphatic rings. The molecule has 2 rings (SSSR count). The van der Waals surface area contributed by atoms with Crippen molar-refractivity contribution in [3.63, 3.8) is 0 Å². The Morgan fingerprint density at radius 2 is 2.08 bits per heavy atom. The maximum absolute atomic E-state index is 12.1. The molecule has 13 heavy (non-hydrogen) atoms. The lowest BCUT2D eigenvalue weighted by atomic mass is 9.70. The molecule has 0 unspecified atom stereocenters. The minimum absolute atomic E-state index is 0.0729. The minimum atomic E-state index is -0.0729. The van der Waals surface area contributed by atoms with E-state index in [2.05, 4.69) is 27.4 Å². The summed E-state index contributed by atoms with van der Waals surface area (Å²) in [6.07, 6.45) is 4.14. The molecule has 0 aromatic carbocycles. The van der Waals surface area contributed by atoms with Gasteiger partial charge in [0.1, 0.15) is 5.78 Å². The lowest BCUT2D eigenvalue weighted by Gasteiger charge is -2.32. The number of allylic oxidation sites excluding steroid dienone is 1. The van der Waals surface area contributed by atoms with Crippen LogP contribution in [0.5, 0.6) is 0 Å². The van der Waals surface area contributed by atoms with Crippen LogP contribution in [0.3, 0.4) is 0 Å². The van der Waals surface area contributed by atoms with Crippen molar-refractivity contribution in [2.24, 2.45) is 22.7 Å². The van der Waals surface area contributed by atoms with E-state index in [1.54, 1.807) is 0 Å². The van der Waals surface area contributed by atoms with E-state index in [0.29, 0.717) is 11.7 Å². The summed E-state index contributed by atoms with van der Waals surface area (Å²) in [7, 11) is 0. The Labute approximate surface area is 80.2 Å². The highest BCUT2D eigenvalue weighted by Gasteiger charge is 2.65. The minimum Gasteiger partial charge on any atom is -0.298 e. The van der Waals surface area contributed by atoms with E-state index in [-0.39, 0.29) is 16.7 Å². The largest absolute Gasteiger partial charge is 0.298 e. The third kappa shape index (κ3) is 0.762.